The van der Waals surface area contributed by atoms with Crippen LogP contribution in [0.3, 0.4) is 0 Å². The van der Waals surface area contributed by atoms with E-state index in [1.54, 1.807) is 25.7 Å². The summed E-state index contributed by atoms with van der Waals surface area (Å²) in [6.07, 6.45) is 24.3. The summed E-state index contributed by atoms with van der Waals surface area (Å²) in [5, 5.41) is 0. The van der Waals surface area contributed by atoms with Crippen molar-refractivity contribution in [1.29, 1.82) is 0 Å². The molecule has 0 spiro atoms. The van der Waals surface area contributed by atoms with Gasteiger partial charge in [0, 0.05) is 0 Å². The van der Waals surface area contributed by atoms with Gasteiger partial charge >= 0.3 is 0 Å². The minimum atomic E-state index is 0.324. The fourth-order valence-electron chi connectivity index (χ4n) is 5.24. The molecule has 0 atom stereocenters. The van der Waals surface area contributed by atoms with Gasteiger partial charge in [-0.3, -0.25) is 0 Å². The highest BCUT2D eigenvalue weighted by Crippen LogP contribution is 2.40. The van der Waals surface area contributed by atoms with Crippen LogP contribution < -0.4 is 0 Å². The summed E-state index contributed by atoms with van der Waals surface area (Å²) < 4.78 is 5.51. The second-order valence-electron chi connectivity index (χ2n) is 8.21. The van der Waals surface area contributed by atoms with Crippen LogP contribution >= 0.6 is 0 Å². The van der Waals surface area contributed by atoms with Crippen LogP contribution in [0.4, 0.5) is 0 Å². The molecule has 2 fully saturated rings. The van der Waals surface area contributed by atoms with Crippen LogP contribution in [0.2, 0.25) is 6.04 Å². The number of rotatable bonds is 7. The lowest BCUT2D eigenvalue weighted by molar-refractivity contribution is 0.150. The van der Waals surface area contributed by atoms with E-state index in [2.05, 4.69) is 0 Å². The second kappa shape index (κ2) is 12.7. The minimum Gasteiger partial charge on any atom is -0.466 e. The Morgan fingerprint density at radius 3 is 1.61 bits per heavy atom. The molecular weight excluding hydrogens is 312 g/mol. The van der Waals surface area contributed by atoms with Crippen molar-refractivity contribution in [1.82, 2.24) is 0 Å². The summed E-state index contributed by atoms with van der Waals surface area (Å²) in [4.78, 5) is 0. The Hall–Kier alpha value is 0.394. The van der Waals surface area contributed by atoms with E-state index in [1.807, 2.05) is 0 Å². The zero-order valence-electron chi connectivity index (χ0n) is 15.7. The quantitative estimate of drug-likeness (QED) is 0.453. The summed E-state index contributed by atoms with van der Waals surface area (Å²) in [5.74, 6) is 3.18. The van der Waals surface area contributed by atoms with Crippen LogP contribution in [0.25, 0.3) is 0 Å². The second-order valence-corrected chi connectivity index (χ2v) is 11.0. The number of hydrogen-bond acceptors (Lipinski definition) is 1. The Labute approximate surface area is 151 Å². The highest BCUT2D eigenvalue weighted by molar-refractivity contribution is 6.34. The van der Waals surface area contributed by atoms with E-state index in [9.17, 15) is 0 Å². The molecule has 0 amide bonds. The molecule has 0 aromatic carbocycles. The summed E-state index contributed by atoms with van der Waals surface area (Å²) in [5.41, 5.74) is 0. The Bertz CT molecular complexity index is 247. The van der Waals surface area contributed by atoms with Crippen molar-refractivity contribution in [3.63, 3.8) is 0 Å². The fourth-order valence-corrected chi connectivity index (χ4v) is 6.59. The third-order valence-electron chi connectivity index (χ3n) is 6.54. The van der Waals surface area contributed by atoms with Gasteiger partial charge in [-0.05, 0) is 23.8 Å². The molecule has 0 N–H and O–H groups in total. The van der Waals surface area contributed by atoms with Gasteiger partial charge in [0.2, 0.25) is 0 Å². The van der Waals surface area contributed by atoms with Crippen molar-refractivity contribution in [2.75, 3.05) is 0 Å². The Morgan fingerprint density at radius 2 is 1.17 bits per heavy atom. The lowest BCUT2D eigenvalue weighted by atomic mass is 9.70. The van der Waals surface area contributed by atoms with Gasteiger partial charge in [0.1, 0.15) is 10.5 Å². The van der Waals surface area contributed by atoms with Gasteiger partial charge in [0.15, 0.2) is 9.76 Å². The van der Waals surface area contributed by atoms with E-state index in [4.69, 9.17) is 4.12 Å². The molecule has 3 heteroatoms. The van der Waals surface area contributed by atoms with Crippen molar-refractivity contribution < 1.29 is 4.12 Å². The normalized spacial score (nSPS) is 23.3. The van der Waals surface area contributed by atoms with E-state index < -0.39 is 0 Å². The van der Waals surface area contributed by atoms with Crippen molar-refractivity contribution in [3.05, 3.63) is 0 Å². The maximum atomic E-state index is 5.51. The van der Waals surface area contributed by atoms with E-state index in [-0.39, 0.29) is 0 Å². The molecule has 2 aliphatic rings. The minimum absolute atomic E-state index is 0.324. The molecule has 0 aliphatic heterocycles. The van der Waals surface area contributed by atoms with Crippen molar-refractivity contribution in [2.24, 2.45) is 17.8 Å². The van der Waals surface area contributed by atoms with Crippen molar-refractivity contribution >= 4 is 20.2 Å². The third kappa shape index (κ3) is 7.87. The molecule has 23 heavy (non-hydrogen) atoms. The Balaban J connectivity index is 1.92. The monoisotopic (exact) mass is 353 g/mol. The molecule has 1 radical (unpaired) electrons. The van der Waals surface area contributed by atoms with Gasteiger partial charge in [-0.15, -0.1) is 0 Å². The van der Waals surface area contributed by atoms with Crippen LogP contribution in [0, 0.1) is 17.8 Å². The van der Waals surface area contributed by atoms with Crippen molar-refractivity contribution in [3.8, 4) is 0 Å². The van der Waals surface area contributed by atoms with E-state index in [1.165, 1.54) is 83.1 Å². The molecule has 0 heterocycles. The molecule has 2 saturated carbocycles. The topological polar surface area (TPSA) is 9.23 Å². The van der Waals surface area contributed by atoms with Crippen LogP contribution in [-0.2, 0) is 4.12 Å². The summed E-state index contributed by atoms with van der Waals surface area (Å²) in [6, 6.07) is 1.39. The van der Waals surface area contributed by atoms with Gasteiger partial charge in [-0.25, -0.2) is 0 Å². The maximum absolute atomic E-state index is 5.51. The van der Waals surface area contributed by atoms with Crippen LogP contribution in [-0.4, -0.2) is 20.2 Å². The highest BCUT2D eigenvalue weighted by atomic mass is 28.3. The van der Waals surface area contributed by atoms with Crippen LogP contribution in [0.1, 0.15) is 103 Å². The molecule has 0 aromatic heterocycles. The van der Waals surface area contributed by atoms with Crippen LogP contribution in [0.15, 0.2) is 0 Å². The summed E-state index contributed by atoms with van der Waals surface area (Å²) in [6.45, 7) is 0. The SMILES string of the molecule is [SiH3]O[SiH]CCCC(C1CCCCCCC1)C1CCCCCCC1. The lowest BCUT2D eigenvalue weighted by Crippen LogP contribution is -2.26. The Kier molecular flexibility index (Phi) is 10.9. The lowest BCUT2D eigenvalue weighted by Gasteiger charge is -2.36. The molecule has 2 aliphatic carbocycles. The van der Waals surface area contributed by atoms with E-state index >= 15 is 0 Å². The van der Waals surface area contributed by atoms with Gasteiger partial charge in [-0.1, -0.05) is 103 Å². The first kappa shape index (κ1) is 19.7. The predicted molar refractivity (Wildman–Crippen MR) is 107 cm³/mol. The van der Waals surface area contributed by atoms with Gasteiger partial charge in [0.25, 0.3) is 0 Å². The van der Waals surface area contributed by atoms with Gasteiger partial charge < -0.3 is 4.12 Å². The summed E-state index contributed by atoms with van der Waals surface area (Å²) in [7, 11) is 1.28. The zero-order valence-corrected chi connectivity index (χ0v) is 18.9. The molecule has 0 saturated heterocycles. The Morgan fingerprint density at radius 1 is 0.739 bits per heavy atom. The van der Waals surface area contributed by atoms with Gasteiger partial charge in [0.05, 0.1) is 0 Å². The molecule has 1 nitrogen and oxygen atoms in total. The molecule has 135 valence electrons. The molecule has 2 rings (SSSR count). The average Bonchev–Trinajstić information content (AvgIpc) is 2.49. The molecule has 0 unspecified atom stereocenters. The van der Waals surface area contributed by atoms with E-state index in [0.29, 0.717) is 9.76 Å². The summed E-state index contributed by atoms with van der Waals surface area (Å²) >= 11 is 0. The average molecular weight is 354 g/mol. The third-order valence-corrected chi connectivity index (χ3v) is 8.51. The maximum Gasteiger partial charge on any atom is 0.177 e. The van der Waals surface area contributed by atoms with Crippen molar-refractivity contribution in [2.45, 2.75) is 109 Å². The molecule has 0 bridgehead atoms. The standard InChI is InChI=1S/C20H41OSi2/c22-21-23-17-11-16-20(18-12-7-3-1-4-8-13-18)19-14-9-5-2-6-10-15-19/h18-20,23H,1-17H2,22H3. The van der Waals surface area contributed by atoms with Gasteiger partial charge in [-0.2, -0.15) is 0 Å². The zero-order chi connectivity index (χ0) is 16.2. The number of hydrogen-bond donors (Lipinski definition) is 0. The fraction of sp³-hybridized carbons (Fsp3) is 1.00. The predicted octanol–water partition coefficient (Wildman–Crippen LogP) is 5.17. The first-order chi connectivity index (χ1) is 11.4. The van der Waals surface area contributed by atoms with E-state index in [0.717, 1.165) is 28.2 Å². The first-order valence-electron chi connectivity index (χ1n) is 10.8. The highest BCUT2D eigenvalue weighted by Gasteiger charge is 2.29. The smallest absolute Gasteiger partial charge is 0.177 e. The first-order valence-corrected chi connectivity index (χ1v) is 12.9. The van der Waals surface area contributed by atoms with Crippen LogP contribution in [0.5, 0.6) is 0 Å². The molecular formula is C20H41OSi2. The molecule has 0 aromatic rings. The largest absolute Gasteiger partial charge is 0.466 e.